The Balaban J connectivity index is 2.04. The molecule has 0 fully saturated rings. The molecule has 2 aromatic rings. The molecule has 0 amide bonds. The first-order valence-corrected chi connectivity index (χ1v) is 6.90. The van der Waals surface area contributed by atoms with E-state index < -0.39 is 6.10 Å². The molecule has 0 aromatic heterocycles. The van der Waals surface area contributed by atoms with Gasteiger partial charge in [-0.25, -0.2) is 4.39 Å². The molecule has 0 aliphatic carbocycles. The molecule has 0 saturated carbocycles. The average molecular weight is 290 g/mol. The maximum atomic E-state index is 13.4. The third kappa shape index (κ3) is 3.95. The molecule has 0 saturated heterocycles. The van der Waals surface area contributed by atoms with E-state index in [0.29, 0.717) is 29.2 Å². The molecule has 1 N–H and O–H groups in total. The van der Waals surface area contributed by atoms with Crippen LogP contribution in [0.25, 0.3) is 0 Å². The molecule has 0 heterocycles. The molecule has 1 unspecified atom stereocenters. The van der Waals surface area contributed by atoms with Crippen molar-refractivity contribution in [2.45, 2.75) is 20.0 Å². The molecule has 0 aliphatic heterocycles. The highest BCUT2D eigenvalue weighted by Gasteiger charge is 2.14. The van der Waals surface area contributed by atoms with Crippen LogP contribution >= 0.6 is 0 Å². The molecular weight excluding hydrogens is 271 g/mol. The van der Waals surface area contributed by atoms with Gasteiger partial charge in [-0.05, 0) is 31.5 Å². The predicted octanol–water partition coefficient (Wildman–Crippen LogP) is 3.65. The molecule has 2 aromatic carbocycles. The van der Waals surface area contributed by atoms with Crippen molar-refractivity contribution in [1.29, 1.82) is 0 Å². The molecule has 4 heteroatoms. The highest BCUT2D eigenvalue weighted by Crippen LogP contribution is 2.26. The summed E-state index contributed by atoms with van der Waals surface area (Å²) in [4.78, 5) is 0. The van der Waals surface area contributed by atoms with Gasteiger partial charge in [0.25, 0.3) is 0 Å². The summed E-state index contributed by atoms with van der Waals surface area (Å²) in [5.41, 5.74) is 1.22. The molecule has 1 atom stereocenters. The summed E-state index contributed by atoms with van der Waals surface area (Å²) >= 11 is 0. The van der Waals surface area contributed by atoms with E-state index in [1.54, 1.807) is 31.2 Å². The smallest absolute Gasteiger partial charge is 0.129 e. The van der Waals surface area contributed by atoms with Crippen molar-refractivity contribution in [3.8, 4) is 11.5 Å². The molecule has 21 heavy (non-hydrogen) atoms. The predicted molar refractivity (Wildman–Crippen MR) is 79.2 cm³/mol. The van der Waals surface area contributed by atoms with Crippen molar-refractivity contribution < 1.29 is 19.0 Å². The van der Waals surface area contributed by atoms with Gasteiger partial charge >= 0.3 is 0 Å². The van der Waals surface area contributed by atoms with Gasteiger partial charge in [0.2, 0.25) is 0 Å². The fourth-order valence-corrected chi connectivity index (χ4v) is 1.97. The summed E-state index contributed by atoms with van der Waals surface area (Å²) in [6.45, 7) is 4.13. The summed E-state index contributed by atoms with van der Waals surface area (Å²) in [7, 11) is 0. The van der Waals surface area contributed by atoms with Gasteiger partial charge in [-0.2, -0.15) is 0 Å². The number of halogens is 1. The fraction of sp³-hybridized carbons (Fsp3) is 0.294. The molecule has 2 rings (SSSR count). The van der Waals surface area contributed by atoms with Gasteiger partial charge in [0.1, 0.15) is 30.0 Å². The highest BCUT2D eigenvalue weighted by molar-refractivity contribution is 5.35. The highest BCUT2D eigenvalue weighted by atomic mass is 19.1. The van der Waals surface area contributed by atoms with E-state index in [-0.39, 0.29) is 12.4 Å². The Morgan fingerprint density at radius 1 is 1.14 bits per heavy atom. The van der Waals surface area contributed by atoms with Crippen LogP contribution in [0.3, 0.4) is 0 Å². The zero-order valence-corrected chi connectivity index (χ0v) is 12.2. The summed E-state index contributed by atoms with van der Waals surface area (Å²) in [5, 5.41) is 10.2. The second-order valence-corrected chi connectivity index (χ2v) is 4.71. The molecule has 0 radical (unpaired) electrons. The number of aliphatic hydroxyl groups excluding tert-OH is 1. The van der Waals surface area contributed by atoms with Gasteiger partial charge in [0.05, 0.1) is 6.61 Å². The van der Waals surface area contributed by atoms with E-state index in [1.165, 1.54) is 6.07 Å². The van der Waals surface area contributed by atoms with E-state index in [2.05, 4.69) is 0 Å². The second-order valence-electron chi connectivity index (χ2n) is 4.71. The lowest BCUT2D eigenvalue weighted by molar-refractivity contribution is 0.105. The fourth-order valence-electron chi connectivity index (χ4n) is 1.97. The standard InChI is InChI=1S/C17H19FO3/c1-3-20-17-7-5-4-6-14(17)16(19)11-21-13-9-8-12(2)15(18)10-13/h4-10,16,19H,3,11H2,1-2H3. The Hall–Kier alpha value is -2.07. The Bertz CT molecular complexity index is 598. The number of aliphatic hydroxyl groups is 1. The first kappa shape index (κ1) is 15.3. The van der Waals surface area contributed by atoms with Crippen LogP contribution < -0.4 is 9.47 Å². The normalized spacial score (nSPS) is 12.0. The molecule has 0 bridgehead atoms. The lowest BCUT2D eigenvalue weighted by atomic mass is 10.1. The van der Waals surface area contributed by atoms with Crippen molar-refractivity contribution in [3.05, 3.63) is 59.4 Å². The second kappa shape index (κ2) is 7.09. The van der Waals surface area contributed by atoms with Crippen molar-refractivity contribution >= 4 is 0 Å². The van der Waals surface area contributed by atoms with Gasteiger partial charge < -0.3 is 14.6 Å². The average Bonchev–Trinajstić information content (AvgIpc) is 2.49. The van der Waals surface area contributed by atoms with Crippen LogP contribution in [0.4, 0.5) is 4.39 Å². The summed E-state index contributed by atoms with van der Waals surface area (Å²) in [6, 6.07) is 11.9. The zero-order chi connectivity index (χ0) is 15.2. The summed E-state index contributed by atoms with van der Waals surface area (Å²) in [6.07, 6.45) is -0.836. The maximum Gasteiger partial charge on any atom is 0.129 e. The minimum Gasteiger partial charge on any atom is -0.493 e. The number of hydrogen-bond acceptors (Lipinski definition) is 3. The van der Waals surface area contributed by atoms with Gasteiger partial charge in [-0.15, -0.1) is 0 Å². The molecule has 0 spiro atoms. The zero-order valence-electron chi connectivity index (χ0n) is 12.2. The number of para-hydroxylation sites is 1. The van der Waals surface area contributed by atoms with E-state index in [0.717, 1.165) is 0 Å². The van der Waals surface area contributed by atoms with Crippen LogP contribution in [0.15, 0.2) is 42.5 Å². The van der Waals surface area contributed by atoms with E-state index >= 15 is 0 Å². The summed E-state index contributed by atoms with van der Waals surface area (Å²) < 4.78 is 24.3. The quantitative estimate of drug-likeness (QED) is 0.882. The van der Waals surface area contributed by atoms with E-state index in [9.17, 15) is 9.50 Å². The lowest BCUT2D eigenvalue weighted by Gasteiger charge is -2.16. The largest absolute Gasteiger partial charge is 0.493 e. The van der Waals surface area contributed by atoms with Crippen LogP contribution in [0, 0.1) is 12.7 Å². The molecular formula is C17H19FO3. The van der Waals surface area contributed by atoms with Gasteiger partial charge in [-0.3, -0.25) is 0 Å². The number of hydrogen-bond donors (Lipinski definition) is 1. The van der Waals surface area contributed by atoms with Crippen LogP contribution in [0.2, 0.25) is 0 Å². The summed E-state index contributed by atoms with van der Waals surface area (Å²) in [5.74, 6) is 0.703. The van der Waals surface area contributed by atoms with Gasteiger partial charge in [0, 0.05) is 11.6 Å². The number of rotatable bonds is 6. The SMILES string of the molecule is CCOc1ccccc1C(O)COc1ccc(C)c(F)c1. The van der Waals surface area contributed by atoms with Crippen LogP contribution in [-0.2, 0) is 0 Å². The van der Waals surface area contributed by atoms with Crippen LogP contribution in [0.1, 0.15) is 24.2 Å². The number of benzene rings is 2. The minimum atomic E-state index is -0.836. The molecule has 0 aliphatic rings. The Morgan fingerprint density at radius 3 is 2.62 bits per heavy atom. The van der Waals surface area contributed by atoms with E-state index in [4.69, 9.17) is 9.47 Å². The first-order valence-electron chi connectivity index (χ1n) is 6.90. The number of ether oxygens (including phenoxy) is 2. The topological polar surface area (TPSA) is 38.7 Å². The maximum absolute atomic E-state index is 13.4. The Kier molecular flexibility index (Phi) is 5.17. The van der Waals surface area contributed by atoms with Gasteiger partial charge in [-0.1, -0.05) is 24.3 Å². The monoisotopic (exact) mass is 290 g/mol. The van der Waals surface area contributed by atoms with Crippen LogP contribution in [-0.4, -0.2) is 18.3 Å². The number of aryl methyl sites for hydroxylation is 1. The molecule has 112 valence electrons. The molecule has 3 nitrogen and oxygen atoms in total. The van der Waals surface area contributed by atoms with Gasteiger partial charge in [0.15, 0.2) is 0 Å². The minimum absolute atomic E-state index is 0.0343. The lowest BCUT2D eigenvalue weighted by Crippen LogP contribution is -2.11. The third-order valence-electron chi connectivity index (χ3n) is 3.13. The Morgan fingerprint density at radius 2 is 1.90 bits per heavy atom. The van der Waals surface area contributed by atoms with E-state index in [1.807, 2.05) is 19.1 Å². The van der Waals surface area contributed by atoms with Crippen molar-refractivity contribution in [2.75, 3.05) is 13.2 Å². The van der Waals surface area contributed by atoms with Crippen molar-refractivity contribution in [3.63, 3.8) is 0 Å². The van der Waals surface area contributed by atoms with Crippen molar-refractivity contribution in [2.24, 2.45) is 0 Å². The van der Waals surface area contributed by atoms with Crippen molar-refractivity contribution in [1.82, 2.24) is 0 Å². The first-order chi connectivity index (χ1) is 10.1. The Labute approximate surface area is 124 Å². The van der Waals surface area contributed by atoms with Crippen LogP contribution in [0.5, 0.6) is 11.5 Å². The third-order valence-corrected chi connectivity index (χ3v) is 3.13.